The maximum atomic E-state index is 11.8. The van der Waals surface area contributed by atoms with Gasteiger partial charge in [0.2, 0.25) is 10.0 Å². The van der Waals surface area contributed by atoms with Gasteiger partial charge in [-0.1, -0.05) is 25.7 Å². The molecule has 0 saturated heterocycles. The molecule has 0 bridgehead atoms. The molecule has 0 amide bonds. The third-order valence-electron chi connectivity index (χ3n) is 2.38. The fourth-order valence-corrected chi connectivity index (χ4v) is 3.12. The predicted molar refractivity (Wildman–Crippen MR) is 79.4 cm³/mol. The number of rotatable bonds is 4. The molecule has 1 aromatic rings. The van der Waals surface area contributed by atoms with Gasteiger partial charge in [0, 0.05) is 11.3 Å². The van der Waals surface area contributed by atoms with Gasteiger partial charge in [-0.25, -0.2) is 8.42 Å². The van der Waals surface area contributed by atoms with E-state index in [0.717, 1.165) is 11.1 Å². The Hall–Kier alpha value is -1.51. The minimum absolute atomic E-state index is 0.0910. The van der Waals surface area contributed by atoms with Crippen molar-refractivity contribution in [3.63, 3.8) is 0 Å². The highest BCUT2D eigenvalue weighted by Crippen LogP contribution is 2.16. The molecule has 0 heterocycles. The lowest BCUT2D eigenvalue weighted by Crippen LogP contribution is -2.20. The van der Waals surface area contributed by atoms with Gasteiger partial charge in [0.15, 0.2) is 0 Å². The van der Waals surface area contributed by atoms with Crippen molar-refractivity contribution in [2.45, 2.75) is 20.8 Å². The average molecular weight is 280 g/mol. The molecule has 0 aliphatic heterocycles. The molecule has 3 N–H and O–H groups in total. The Labute approximate surface area is 115 Å². The molecule has 0 atom stereocenters. The monoisotopic (exact) mass is 280 g/mol. The second kappa shape index (κ2) is 6.60. The number of aryl methyl sites for hydroxylation is 1. The fourth-order valence-electron chi connectivity index (χ4n) is 1.67. The van der Waals surface area contributed by atoms with E-state index < -0.39 is 10.0 Å². The Balaban J connectivity index is 2.90. The van der Waals surface area contributed by atoms with Crippen LogP contribution in [0.25, 0.3) is 0 Å². The SMILES string of the molecule is Cc1cc(NS(=O)(=O)CC(C)C)ccc1C#CCN. The molecule has 19 heavy (non-hydrogen) atoms. The molecular formula is C14H20N2O2S. The summed E-state index contributed by atoms with van der Waals surface area (Å²) in [6.07, 6.45) is 0. The van der Waals surface area contributed by atoms with E-state index >= 15 is 0 Å². The third kappa shape index (κ3) is 5.33. The summed E-state index contributed by atoms with van der Waals surface area (Å²) in [4.78, 5) is 0. The van der Waals surface area contributed by atoms with Crippen LogP contribution >= 0.6 is 0 Å². The summed E-state index contributed by atoms with van der Waals surface area (Å²) in [5.74, 6) is 5.92. The van der Waals surface area contributed by atoms with Crippen molar-refractivity contribution in [2.75, 3.05) is 17.0 Å². The van der Waals surface area contributed by atoms with Crippen LogP contribution in [-0.4, -0.2) is 20.7 Å². The lowest BCUT2D eigenvalue weighted by Gasteiger charge is -2.11. The number of hydrogen-bond donors (Lipinski definition) is 2. The van der Waals surface area contributed by atoms with Crippen LogP contribution in [-0.2, 0) is 10.0 Å². The minimum atomic E-state index is -3.29. The van der Waals surface area contributed by atoms with Crippen LogP contribution in [0.15, 0.2) is 18.2 Å². The van der Waals surface area contributed by atoms with Gasteiger partial charge in [-0.2, -0.15) is 0 Å². The first-order valence-corrected chi connectivity index (χ1v) is 7.79. The zero-order valence-corrected chi connectivity index (χ0v) is 12.3. The quantitative estimate of drug-likeness (QED) is 0.825. The van der Waals surface area contributed by atoms with E-state index in [-0.39, 0.29) is 11.7 Å². The van der Waals surface area contributed by atoms with Gasteiger partial charge >= 0.3 is 0 Å². The molecule has 0 aliphatic rings. The van der Waals surface area contributed by atoms with Crippen molar-refractivity contribution < 1.29 is 8.42 Å². The summed E-state index contributed by atoms with van der Waals surface area (Å²) >= 11 is 0. The summed E-state index contributed by atoms with van der Waals surface area (Å²) in [5, 5.41) is 0. The Morgan fingerprint density at radius 2 is 2.05 bits per heavy atom. The van der Waals surface area contributed by atoms with Crippen molar-refractivity contribution in [1.29, 1.82) is 0 Å². The smallest absolute Gasteiger partial charge is 0.232 e. The summed E-state index contributed by atoms with van der Waals surface area (Å²) < 4.78 is 26.2. The van der Waals surface area contributed by atoms with Crippen LogP contribution in [0.3, 0.4) is 0 Å². The third-order valence-corrected chi connectivity index (χ3v) is 4.03. The standard InChI is InChI=1S/C14H20N2O2S/c1-11(2)10-19(17,18)16-14-7-6-13(5-4-8-15)12(3)9-14/h6-7,9,11,16H,8,10,15H2,1-3H3. The lowest BCUT2D eigenvalue weighted by atomic mass is 10.1. The molecule has 1 aromatic carbocycles. The highest BCUT2D eigenvalue weighted by atomic mass is 32.2. The molecule has 0 unspecified atom stereocenters. The Morgan fingerprint density at radius 3 is 2.58 bits per heavy atom. The molecule has 0 fully saturated rings. The van der Waals surface area contributed by atoms with E-state index in [0.29, 0.717) is 12.2 Å². The van der Waals surface area contributed by atoms with E-state index in [2.05, 4.69) is 16.6 Å². The molecule has 4 nitrogen and oxygen atoms in total. The van der Waals surface area contributed by atoms with Crippen molar-refractivity contribution in [2.24, 2.45) is 11.7 Å². The lowest BCUT2D eigenvalue weighted by molar-refractivity contribution is 0.587. The van der Waals surface area contributed by atoms with Crippen LogP contribution in [0.2, 0.25) is 0 Å². The van der Waals surface area contributed by atoms with E-state index in [1.165, 1.54) is 0 Å². The number of nitrogens with two attached hydrogens (primary N) is 1. The molecular weight excluding hydrogens is 260 g/mol. The van der Waals surface area contributed by atoms with Crippen LogP contribution in [0.4, 0.5) is 5.69 Å². The maximum Gasteiger partial charge on any atom is 0.232 e. The molecule has 0 aromatic heterocycles. The first-order valence-electron chi connectivity index (χ1n) is 6.14. The topological polar surface area (TPSA) is 72.2 Å². The van der Waals surface area contributed by atoms with Crippen LogP contribution in [0.5, 0.6) is 0 Å². The number of hydrogen-bond acceptors (Lipinski definition) is 3. The minimum Gasteiger partial charge on any atom is -0.320 e. The first kappa shape index (κ1) is 15.5. The molecule has 5 heteroatoms. The van der Waals surface area contributed by atoms with Crippen LogP contribution in [0, 0.1) is 24.7 Å². The second-order valence-corrected chi connectivity index (χ2v) is 6.58. The molecule has 0 aliphatic carbocycles. The van der Waals surface area contributed by atoms with Crippen LogP contribution in [0.1, 0.15) is 25.0 Å². The zero-order valence-electron chi connectivity index (χ0n) is 11.5. The average Bonchev–Trinajstić information content (AvgIpc) is 2.25. The Bertz CT molecular complexity index is 596. The normalized spacial score (nSPS) is 11.0. The Morgan fingerprint density at radius 1 is 1.37 bits per heavy atom. The second-order valence-electron chi connectivity index (χ2n) is 4.81. The Kier molecular flexibility index (Phi) is 5.40. The van der Waals surface area contributed by atoms with Gasteiger partial charge in [0.1, 0.15) is 0 Å². The van der Waals surface area contributed by atoms with Gasteiger partial charge in [-0.15, -0.1) is 0 Å². The van der Waals surface area contributed by atoms with Crippen LogP contribution < -0.4 is 10.5 Å². The highest BCUT2D eigenvalue weighted by molar-refractivity contribution is 7.92. The van der Waals surface area contributed by atoms with E-state index in [4.69, 9.17) is 5.73 Å². The maximum absolute atomic E-state index is 11.8. The summed E-state index contributed by atoms with van der Waals surface area (Å²) in [5.41, 5.74) is 7.67. The molecule has 1 rings (SSSR count). The zero-order chi connectivity index (χ0) is 14.5. The summed E-state index contributed by atoms with van der Waals surface area (Å²) in [6.45, 7) is 5.94. The largest absolute Gasteiger partial charge is 0.320 e. The van der Waals surface area contributed by atoms with Crippen molar-refractivity contribution in [3.8, 4) is 11.8 Å². The van der Waals surface area contributed by atoms with E-state index in [9.17, 15) is 8.42 Å². The van der Waals surface area contributed by atoms with E-state index in [1.807, 2.05) is 20.8 Å². The number of anilines is 1. The number of sulfonamides is 1. The van der Waals surface area contributed by atoms with E-state index in [1.54, 1.807) is 18.2 Å². The highest BCUT2D eigenvalue weighted by Gasteiger charge is 2.13. The molecule has 104 valence electrons. The summed E-state index contributed by atoms with van der Waals surface area (Å²) in [7, 11) is -3.29. The van der Waals surface area contributed by atoms with Gasteiger partial charge in [0.25, 0.3) is 0 Å². The van der Waals surface area contributed by atoms with Crippen molar-refractivity contribution >= 4 is 15.7 Å². The predicted octanol–water partition coefficient (Wildman–Crippen LogP) is 1.70. The number of benzene rings is 1. The van der Waals surface area contributed by atoms with Crippen molar-refractivity contribution in [1.82, 2.24) is 0 Å². The van der Waals surface area contributed by atoms with Crippen molar-refractivity contribution in [3.05, 3.63) is 29.3 Å². The van der Waals surface area contributed by atoms with Gasteiger partial charge in [0.05, 0.1) is 12.3 Å². The van der Waals surface area contributed by atoms with Gasteiger partial charge < -0.3 is 5.73 Å². The first-order chi connectivity index (χ1) is 8.84. The molecule has 0 spiro atoms. The number of nitrogens with one attached hydrogen (secondary N) is 1. The molecule has 0 saturated carbocycles. The molecule has 0 radical (unpaired) electrons. The fraction of sp³-hybridized carbons (Fsp3) is 0.429. The van der Waals surface area contributed by atoms with Gasteiger partial charge in [-0.3, -0.25) is 4.72 Å². The van der Waals surface area contributed by atoms with Gasteiger partial charge in [-0.05, 0) is 36.6 Å². The summed E-state index contributed by atoms with van der Waals surface area (Å²) in [6, 6.07) is 5.29.